The first-order chi connectivity index (χ1) is 9.79. The molecule has 0 amide bonds. The van der Waals surface area contributed by atoms with Crippen molar-refractivity contribution in [2.75, 3.05) is 16.8 Å². The molecule has 0 atom stereocenters. The summed E-state index contributed by atoms with van der Waals surface area (Å²) in [4.78, 5) is 11.1. The van der Waals surface area contributed by atoms with Gasteiger partial charge in [-0.05, 0) is 19.8 Å². The molecule has 6 heteroatoms. The van der Waals surface area contributed by atoms with Crippen LogP contribution in [0.1, 0.15) is 37.8 Å². The van der Waals surface area contributed by atoms with Crippen molar-refractivity contribution in [2.45, 2.75) is 45.1 Å². The van der Waals surface area contributed by atoms with Crippen LogP contribution >= 0.6 is 15.9 Å². The Morgan fingerprint density at radius 2 is 2.15 bits per heavy atom. The van der Waals surface area contributed by atoms with Crippen LogP contribution in [0.4, 0.5) is 5.82 Å². The van der Waals surface area contributed by atoms with Crippen LogP contribution in [0.5, 0.6) is 0 Å². The highest BCUT2D eigenvalue weighted by Gasteiger charge is 2.23. The van der Waals surface area contributed by atoms with Crippen LogP contribution in [0.15, 0.2) is 12.4 Å². The maximum atomic E-state index is 4.43. The Hall–Kier alpha value is -1.17. The molecular weight excluding hydrogens is 318 g/mol. The Kier molecular flexibility index (Phi) is 4.19. The molecule has 0 aromatic carbocycles. The van der Waals surface area contributed by atoms with Crippen LogP contribution in [0.25, 0.3) is 5.78 Å². The number of fused-ring (bicyclic) bond motifs is 1. The van der Waals surface area contributed by atoms with E-state index in [4.69, 9.17) is 0 Å². The van der Waals surface area contributed by atoms with E-state index < -0.39 is 0 Å². The second-order valence-corrected chi connectivity index (χ2v) is 6.19. The van der Waals surface area contributed by atoms with E-state index >= 15 is 0 Å². The average molecular weight is 338 g/mol. The summed E-state index contributed by atoms with van der Waals surface area (Å²) in [5.74, 6) is 1.81. The number of aromatic nitrogens is 4. The summed E-state index contributed by atoms with van der Waals surface area (Å²) in [5, 5.41) is 5.30. The van der Waals surface area contributed by atoms with Gasteiger partial charge in [-0.25, -0.2) is 4.98 Å². The van der Waals surface area contributed by atoms with Gasteiger partial charge in [0.05, 0.1) is 0 Å². The first-order valence-electron chi connectivity index (χ1n) is 7.29. The van der Waals surface area contributed by atoms with Crippen molar-refractivity contribution in [1.82, 2.24) is 19.6 Å². The molecular formula is C14H20BrN5. The number of alkyl halides is 1. The molecule has 1 aliphatic rings. The van der Waals surface area contributed by atoms with E-state index in [2.05, 4.69) is 42.0 Å². The van der Waals surface area contributed by atoms with Gasteiger partial charge in [-0.3, -0.25) is 0 Å². The van der Waals surface area contributed by atoms with E-state index in [1.165, 1.54) is 32.1 Å². The van der Waals surface area contributed by atoms with Gasteiger partial charge < -0.3 is 4.90 Å². The highest BCUT2D eigenvalue weighted by Crippen LogP contribution is 2.27. The molecule has 108 valence electrons. The third kappa shape index (κ3) is 2.66. The van der Waals surface area contributed by atoms with Crippen molar-refractivity contribution < 1.29 is 0 Å². The van der Waals surface area contributed by atoms with E-state index in [-0.39, 0.29) is 0 Å². The van der Waals surface area contributed by atoms with Crippen molar-refractivity contribution in [3.05, 3.63) is 18.1 Å². The molecule has 3 rings (SSSR count). The summed E-state index contributed by atoms with van der Waals surface area (Å²) in [6.45, 7) is 3.01. The lowest BCUT2D eigenvalue weighted by molar-refractivity contribution is 0.415. The molecule has 0 spiro atoms. The lowest BCUT2D eigenvalue weighted by Crippen LogP contribution is -2.39. The van der Waals surface area contributed by atoms with E-state index in [1.807, 2.05) is 11.4 Å². The summed E-state index contributed by atoms with van der Waals surface area (Å²) in [6.07, 6.45) is 8.14. The van der Waals surface area contributed by atoms with Crippen LogP contribution in [-0.2, 0) is 0 Å². The molecule has 2 aromatic rings. The first-order valence-corrected chi connectivity index (χ1v) is 8.42. The van der Waals surface area contributed by atoms with Crippen molar-refractivity contribution in [2.24, 2.45) is 0 Å². The Balaban J connectivity index is 2.01. The minimum Gasteiger partial charge on any atom is -0.353 e. The molecule has 1 fully saturated rings. The first kappa shape index (κ1) is 13.8. The number of rotatable bonds is 4. The van der Waals surface area contributed by atoms with Crippen LogP contribution in [0, 0.1) is 6.92 Å². The monoisotopic (exact) mass is 337 g/mol. The summed E-state index contributed by atoms with van der Waals surface area (Å²) >= 11 is 3.58. The van der Waals surface area contributed by atoms with Gasteiger partial charge in [-0.2, -0.15) is 14.6 Å². The third-order valence-corrected chi connectivity index (χ3v) is 4.35. The van der Waals surface area contributed by atoms with Crippen LogP contribution in [-0.4, -0.2) is 37.5 Å². The zero-order chi connectivity index (χ0) is 13.9. The minimum atomic E-state index is 0.607. The van der Waals surface area contributed by atoms with Crippen molar-refractivity contribution >= 4 is 27.5 Å². The van der Waals surface area contributed by atoms with Gasteiger partial charge in [0.25, 0.3) is 5.78 Å². The van der Waals surface area contributed by atoms with E-state index in [0.717, 1.165) is 23.4 Å². The van der Waals surface area contributed by atoms with E-state index in [9.17, 15) is 0 Å². The Morgan fingerprint density at radius 1 is 1.35 bits per heavy atom. The predicted molar refractivity (Wildman–Crippen MR) is 83.5 cm³/mol. The Morgan fingerprint density at radius 3 is 2.90 bits per heavy atom. The maximum absolute atomic E-state index is 4.43. The number of aryl methyl sites for hydroxylation is 1. The van der Waals surface area contributed by atoms with Crippen LogP contribution in [0.3, 0.4) is 0 Å². The Labute approximate surface area is 127 Å². The number of anilines is 1. The molecule has 2 heterocycles. The van der Waals surface area contributed by atoms with Crippen LogP contribution in [0.2, 0.25) is 0 Å². The molecule has 0 N–H and O–H groups in total. The molecule has 0 bridgehead atoms. The highest BCUT2D eigenvalue weighted by molar-refractivity contribution is 9.09. The topological polar surface area (TPSA) is 46.3 Å². The quantitative estimate of drug-likeness (QED) is 0.804. The van der Waals surface area contributed by atoms with Gasteiger partial charge in [-0.15, -0.1) is 0 Å². The zero-order valence-electron chi connectivity index (χ0n) is 11.8. The lowest BCUT2D eigenvalue weighted by Gasteiger charge is -2.35. The van der Waals surface area contributed by atoms with Gasteiger partial charge in [-0.1, -0.05) is 35.2 Å². The minimum absolute atomic E-state index is 0.607. The number of hydrogen-bond acceptors (Lipinski definition) is 4. The van der Waals surface area contributed by atoms with Gasteiger partial charge in [0, 0.05) is 29.7 Å². The molecule has 1 saturated carbocycles. The normalized spacial score (nSPS) is 16.7. The fourth-order valence-electron chi connectivity index (χ4n) is 3.08. The van der Waals surface area contributed by atoms with Crippen molar-refractivity contribution in [3.8, 4) is 0 Å². The standard InChI is InChI=1S/C14H20BrN5/c1-11-9-13(20-14(18-11)16-10-17-20)19(8-7-15)12-5-3-2-4-6-12/h9-10,12H,2-8H2,1H3. The third-order valence-electron chi connectivity index (χ3n) is 4.00. The largest absolute Gasteiger partial charge is 0.353 e. The van der Waals surface area contributed by atoms with Gasteiger partial charge in [0.1, 0.15) is 12.1 Å². The summed E-state index contributed by atoms with van der Waals surface area (Å²) < 4.78 is 1.87. The molecule has 20 heavy (non-hydrogen) atoms. The van der Waals surface area contributed by atoms with Crippen molar-refractivity contribution in [3.63, 3.8) is 0 Å². The molecule has 0 radical (unpaired) electrons. The van der Waals surface area contributed by atoms with Crippen LogP contribution < -0.4 is 4.90 Å². The van der Waals surface area contributed by atoms with Gasteiger partial charge in [0.2, 0.25) is 0 Å². The molecule has 2 aromatic heterocycles. The van der Waals surface area contributed by atoms with E-state index in [1.54, 1.807) is 6.33 Å². The second kappa shape index (κ2) is 6.08. The predicted octanol–water partition coefficient (Wildman–Crippen LogP) is 2.97. The fourth-order valence-corrected chi connectivity index (χ4v) is 3.47. The fraction of sp³-hybridized carbons (Fsp3) is 0.643. The Bertz CT molecular complexity index is 576. The van der Waals surface area contributed by atoms with Gasteiger partial charge >= 0.3 is 0 Å². The lowest BCUT2D eigenvalue weighted by atomic mass is 9.94. The van der Waals surface area contributed by atoms with Gasteiger partial charge in [0.15, 0.2) is 0 Å². The SMILES string of the molecule is Cc1cc(N(CCBr)C2CCCCC2)n2ncnc2n1. The molecule has 0 aliphatic heterocycles. The molecule has 0 unspecified atom stereocenters. The van der Waals surface area contributed by atoms with E-state index in [0.29, 0.717) is 11.8 Å². The molecule has 0 saturated heterocycles. The molecule has 5 nitrogen and oxygen atoms in total. The van der Waals surface area contributed by atoms with Crippen molar-refractivity contribution in [1.29, 1.82) is 0 Å². The number of nitrogens with zero attached hydrogens (tertiary/aromatic N) is 5. The smallest absolute Gasteiger partial charge is 0.254 e. The number of halogens is 1. The number of hydrogen-bond donors (Lipinski definition) is 0. The summed E-state index contributed by atoms with van der Waals surface area (Å²) in [6, 6.07) is 2.73. The highest BCUT2D eigenvalue weighted by atomic mass is 79.9. The zero-order valence-corrected chi connectivity index (χ0v) is 13.4. The molecule has 1 aliphatic carbocycles. The summed E-state index contributed by atoms with van der Waals surface area (Å²) in [7, 11) is 0. The average Bonchev–Trinajstić information content (AvgIpc) is 2.93. The maximum Gasteiger partial charge on any atom is 0.254 e. The summed E-state index contributed by atoms with van der Waals surface area (Å²) in [5.41, 5.74) is 0.996. The second-order valence-electron chi connectivity index (χ2n) is 5.40.